The highest BCUT2D eigenvalue weighted by molar-refractivity contribution is 7.09. The number of hydrogen-bond donors (Lipinski definition) is 1. The summed E-state index contributed by atoms with van der Waals surface area (Å²) in [5.41, 5.74) is 0. The minimum Gasteiger partial charge on any atom is -0.469 e. The number of furan rings is 1. The van der Waals surface area contributed by atoms with Crippen LogP contribution in [0.1, 0.15) is 23.5 Å². The summed E-state index contributed by atoms with van der Waals surface area (Å²) in [7, 11) is 0. The predicted molar refractivity (Wildman–Crippen MR) is 87.9 cm³/mol. The zero-order valence-electron chi connectivity index (χ0n) is 12.5. The highest BCUT2D eigenvalue weighted by atomic mass is 32.1. The van der Waals surface area contributed by atoms with Gasteiger partial charge in [0.05, 0.1) is 6.26 Å². The normalized spacial score (nSPS) is 17.3. The van der Waals surface area contributed by atoms with E-state index in [0.717, 1.165) is 18.7 Å². The zero-order valence-corrected chi connectivity index (χ0v) is 13.3. The molecule has 4 heteroatoms. The van der Waals surface area contributed by atoms with E-state index in [9.17, 15) is 0 Å². The lowest BCUT2D eigenvalue weighted by Gasteiger charge is -2.32. The van der Waals surface area contributed by atoms with Gasteiger partial charge in [-0.15, -0.1) is 11.3 Å². The summed E-state index contributed by atoms with van der Waals surface area (Å²) in [6.07, 6.45) is 6.48. The van der Waals surface area contributed by atoms with Crippen LogP contribution in [-0.2, 0) is 12.8 Å². The first-order valence-corrected chi connectivity index (χ1v) is 8.78. The maximum Gasteiger partial charge on any atom is 0.105 e. The fourth-order valence-electron chi connectivity index (χ4n) is 2.94. The van der Waals surface area contributed by atoms with Crippen molar-refractivity contribution in [2.24, 2.45) is 0 Å². The summed E-state index contributed by atoms with van der Waals surface area (Å²) in [6.45, 7) is 4.68. The third kappa shape index (κ3) is 4.70. The molecule has 0 atom stereocenters. The summed E-state index contributed by atoms with van der Waals surface area (Å²) >= 11 is 1.87. The van der Waals surface area contributed by atoms with Crippen LogP contribution >= 0.6 is 11.3 Å². The van der Waals surface area contributed by atoms with E-state index in [1.54, 1.807) is 6.26 Å². The molecular weight excluding hydrogens is 280 g/mol. The van der Waals surface area contributed by atoms with Crippen molar-refractivity contribution in [3.63, 3.8) is 0 Å². The molecule has 0 saturated carbocycles. The third-order valence-electron chi connectivity index (χ3n) is 4.23. The summed E-state index contributed by atoms with van der Waals surface area (Å²) in [5.74, 6) is 1.08. The summed E-state index contributed by atoms with van der Waals surface area (Å²) < 4.78 is 5.36. The molecular formula is C17H24N2OS. The van der Waals surface area contributed by atoms with E-state index in [1.807, 2.05) is 17.4 Å². The summed E-state index contributed by atoms with van der Waals surface area (Å²) in [5, 5.41) is 5.84. The highest BCUT2D eigenvalue weighted by Gasteiger charge is 2.18. The Balaban J connectivity index is 1.29. The Kier molecular flexibility index (Phi) is 5.49. The molecule has 0 spiro atoms. The Labute approximate surface area is 131 Å². The van der Waals surface area contributed by atoms with E-state index in [4.69, 9.17) is 4.42 Å². The molecule has 1 saturated heterocycles. The van der Waals surface area contributed by atoms with Gasteiger partial charge < -0.3 is 14.6 Å². The fraction of sp³-hybridized carbons (Fsp3) is 0.529. The van der Waals surface area contributed by atoms with Crippen LogP contribution in [0.5, 0.6) is 0 Å². The monoisotopic (exact) mass is 304 g/mol. The van der Waals surface area contributed by atoms with Gasteiger partial charge >= 0.3 is 0 Å². The number of piperidine rings is 1. The van der Waals surface area contributed by atoms with E-state index in [0.29, 0.717) is 6.04 Å². The lowest BCUT2D eigenvalue weighted by Crippen LogP contribution is -2.43. The van der Waals surface area contributed by atoms with Gasteiger partial charge in [-0.25, -0.2) is 0 Å². The number of hydrogen-bond acceptors (Lipinski definition) is 4. The standard InChI is InChI=1S/C17H24N2OS/c1-3-16(20-13-1)5-9-18-15-6-10-19(11-7-15)12-8-17-4-2-14-21-17/h1-4,13-15,18H,5-12H2. The number of rotatable bonds is 7. The lowest BCUT2D eigenvalue weighted by molar-refractivity contribution is 0.200. The van der Waals surface area contributed by atoms with Crippen molar-refractivity contribution >= 4 is 11.3 Å². The Bertz CT molecular complexity index is 487. The van der Waals surface area contributed by atoms with Crippen molar-refractivity contribution in [2.45, 2.75) is 31.7 Å². The second-order valence-electron chi connectivity index (χ2n) is 5.73. The van der Waals surface area contributed by atoms with Crippen molar-refractivity contribution in [1.29, 1.82) is 0 Å². The molecule has 0 aromatic carbocycles. The Morgan fingerprint density at radius 1 is 1.19 bits per heavy atom. The Morgan fingerprint density at radius 2 is 2.10 bits per heavy atom. The molecule has 0 bridgehead atoms. The largest absolute Gasteiger partial charge is 0.469 e. The van der Waals surface area contributed by atoms with E-state index in [1.165, 1.54) is 43.8 Å². The number of nitrogens with zero attached hydrogens (tertiary/aromatic N) is 1. The van der Waals surface area contributed by atoms with Crippen LogP contribution in [-0.4, -0.2) is 37.1 Å². The highest BCUT2D eigenvalue weighted by Crippen LogP contribution is 2.14. The van der Waals surface area contributed by atoms with Crippen LogP contribution in [0, 0.1) is 0 Å². The molecule has 0 amide bonds. The lowest BCUT2D eigenvalue weighted by atomic mass is 10.0. The average Bonchev–Trinajstić information content (AvgIpc) is 3.20. The van der Waals surface area contributed by atoms with Gasteiger partial charge in [0.25, 0.3) is 0 Å². The van der Waals surface area contributed by atoms with Crippen LogP contribution in [0.4, 0.5) is 0 Å². The molecule has 21 heavy (non-hydrogen) atoms. The quantitative estimate of drug-likeness (QED) is 0.851. The van der Waals surface area contributed by atoms with E-state index < -0.39 is 0 Å². The maximum absolute atomic E-state index is 5.36. The molecule has 0 radical (unpaired) electrons. The maximum atomic E-state index is 5.36. The van der Waals surface area contributed by atoms with Crippen LogP contribution in [0.3, 0.4) is 0 Å². The second-order valence-corrected chi connectivity index (χ2v) is 6.76. The molecule has 0 aliphatic carbocycles. The molecule has 3 heterocycles. The molecule has 1 fully saturated rings. The number of thiophene rings is 1. The van der Waals surface area contributed by atoms with Gasteiger partial charge in [-0.2, -0.15) is 0 Å². The first kappa shape index (κ1) is 14.8. The molecule has 2 aromatic heterocycles. The van der Waals surface area contributed by atoms with Crippen molar-refractivity contribution in [3.8, 4) is 0 Å². The second kappa shape index (κ2) is 7.78. The van der Waals surface area contributed by atoms with Crippen molar-refractivity contribution in [2.75, 3.05) is 26.2 Å². The zero-order chi connectivity index (χ0) is 14.3. The Morgan fingerprint density at radius 3 is 2.81 bits per heavy atom. The van der Waals surface area contributed by atoms with Crippen molar-refractivity contribution in [3.05, 3.63) is 46.5 Å². The predicted octanol–water partition coefficient (Wildman–Crippen LogP) is 3.18. The van der Waals surface area contributed by atoms with Gasteiger partial charge in [0.2, 0.25) is 0 Å². The van der Waals surface area contributed by atoms with Crippen LogP contribution in [0.15, 0.2) is 40.3 Å². The van der Waals surface area contributed by atoms with Gasteiger partial charge in [0, 0.05) is 30.4 Å². The molecule has 1 aliphatic rings. The van der Waals surface area contributed by atoms with Crippen LogP contribution in [0.25, 0.3) is 0 Å². The van der Waals surface area contributed by atoms with Gasteiger partial charge in [0.15, 0.2) is 0 Å². The minimum absolute atomic E-state index is 0.679. The van der Waals surface area contributed by atoms with Crippen LogP contribution < -0.4 is 5.32 Å². The number of likely N-dealkylation sites (tertiary alicyclic amines) is 1. The summed E-state index contributed by atoms with van der Waals surface area (Å²) in [6, 6.07) is 9.08. The molecule has 0 unspecified atom stereocenters. The topological polar surface area (TPSA) is 28.4 Å². The molecule has 114 valence electrons. The van der Waals surface area contributed by atoms with Crippen molar-refractivity contribution in [1.82, 2.24) is 10.2 Å². The average molecular weight is 304 g/mol. The van der Waals surface area contributed by atoms with E-state index >= 15 is 0 Å². The van der Waals surface area contributed by atoms with Gasteiger partial charge in [-0.3, -0.25) is 0 Å². The molecule has 1 N–H and O–H groups in total. The first-order chi connectivity index (χ1) is 10.4. The van der Waals surface area contributed by atoms with Crippen molar-refractivity contribution < 1.29 is 4.42 Å². The molecule has 1 aliphatic heterocycles. The smallest absolute Gasteiger partial charge is 0.105 e. The number of nitrogens with one attached hydrogen (secondary N) is 1. The Hall–Kier alpha value is -1.10. The summed E-state index contributed by atoms with van der Waals surface area (Å²) in [4.78, 5) is 4.11. The molecule has 3 rings (SSSR count). The SMILES string of the molecule is c1coc(CCNC2CCN(CCc3cccs3)CC2)c1. The van der Waals surface area contributed by atoms with Gasteiger partial charge in [-0.1, -0.05) is 6.07 Å². The first-order valence-electron chi connectivity index (χ1n) is 7.90. The molecule has 3 nitrogen and oxygen atoms in total. The minimum atomic E-state index is 0.679. The third-order valence-corrected chi connectivity index (χ3v) is 5.16. The van der Waals surface area contributed by atoms with Gasteiger partial charge in [0.1, 0.15) is 5.76 Å². The van der Waals surface area contributed by atoms with Crippen LogP contribution in [0.2, 0.25) is 0 Å². The van der Waals surface area contributed by atoms with E-state index in [2.05, 4.69) is 33.8 Å². The van der Waals surface area contributed by atoms with Gasteiger partial charge in [-0.05, 0) is 55.9 Å². The molecule has 2 aromatic rings. The van der Waals surface area contributed by atoms with E-state index in [-0.39, 0.29) is 0 Å². The fourth-order valence-corrected chi connectivity index (χ4v) is 3.64.